The van der Waals surface area contributed by atoms with Gasteiger partial charge in [0.15, 0.2) is 6.61 Å². The first-order chi connectivity index (χ1) is 16.1. The summed E-state index contributed by atoms with van der Waals surface area (Å²) >= 11 is 10.0. The van der Waals surface area contributed by atoms with Crippen LogP contribution < -0.4 is 4.74 Å². The summed E-state index contributed by atoms with van der Waals surface area (Å²) in [7, 11) is 0. The molecule has 3 aromatic carbocycles. The van der Waals surface area contributed by atoms with Crippen molar-refractivity contribution in [3.8, 4) is 27.6 Å². The summed E-state index contributed by atoms with van der Waals surface area (Å²) < 4.78 is 5.65. The number of hydrogen-bond donors (Lipinski definition) is 1. The molecule has 0 amide bonds. The number of carbonyl (C=O) groups is 1. The van der Waals surface area contributed by atoms with Gasteiger partial charge in [0.05, 0.1) is 10.7 Å². The molecule has 1 N–H and O–H groups in total. The molecule has 0 saturated heterocycles. The van der Waals surface area contributed by atoms with Gasteiger partial charge in [0, 0.05) is 32.6 Å². The van der Waals surface area contributed by atoms with Crippen LogP contribution in [0.2, 0.25) is 5.02 Å². The van der Waals surface area contributed by atoms with E-state index < -0.39 is 5.97 Å². The van der Waals surface area contributed by atoms with Gasteiger partial charge in [0.2, 0.25) is 0 Å². The Labute approximate surface area is 205 Å². The van der Waals surface area contributed by atoms with Gasteiger partial charge in [0.1, 0.15) is 10.8 Å². The van der Waals surface area contributed by atoms with Crippen LogP contribution in [0.4, 0.5) is 0 Å². The minimum atomic E-state index is -0.992. The predicted molar refractivity (Wildman–Crippen MR) is 135 cm³/mol. The van der Waals surface area contributed by atoms with Crippen LogP contribution in [0.15, 0.2) is 72.8 Å². The number of rotatable bonds is 7. The zero-order chi connectivity index (χ0) is 22.8. The van der Waals surface area contributed by atoms with E-state index in [0.717, 1.165) is 39.6 Å². The Kier molecular flexibility index (Phi) is 6.40. The van der Waals surface area contributed by atoms with Crippen molar-refractivity contribution in [1.29, 1.82) is 0 Å². The van der Waals surface area contributed by atoms with Crippen LogP contribution in [0, 0.1) is 0 Å². The lowest BCUT2D eigenvalue weighted by Gasteiger charge is -2.25. The molecule has 166 valence electrons. The Balaban J connectivity index is 1.56. The Morgan fingerprint density at radius 2 is 1.82 bits per heavy atom. The predicted octanol–water partition coefficient (Wildman–Crippen LogP) is 7.12. The van der Waals surface area contributed by atoms with Crippen molar-refractivity contribution in [2.45, 2.75) is 17.4 Å². The van der Waals surface area contributed by atoms with Crippen molar-refractivity contribution >= 4 is 40.7 Å². The Morgan fingerprint density at radius 1 is 1.06 bits per heavy atom. The number of hydrogen-bond acceptors (Lipinski definition) is 5. The van der Waals surface area contributed by atoms with Gasteiger partial charge in [-0.1, -0.05) is 72.3 Å². The summed E-state index contributed by atoms with van der Waals surface area (Å²) in [5, 5.41) is 10.8. The average molecular weight is 494 g/mol. The van der Waals surface area contributed by atoms with Gasteiger partial charge >= 0.3 is 5.97 Å². The number of nitrogens with zero attached hydrogens (tertiary/aromatic N) is 1. The molecule has 1 heterocycles. The highest BCUT2D eigenvalue weighted by Gasteiger charge is 2.31. The molecule has 33 heavy (non-hydrogen) atoms. The number of aromatic nitrogens is 1. The van der Waals surface area contributed by atoms with Crippen molar-refractivity contribution in [3.05, 3.63) is 93.8 Å². The molecule has 1 unspecified atom stereocenters. The minimum Gasteiger partial charge on any atom is -0.482 e. The lowest BCUT2D eigenvalue weighted by atomic mass is 9.92. The van der Waals surface area contributed by atoms with E-state index in [4.69, 9.17) is 26.4 Å². The third-order valence-corrected chi connectivity index (χ3v) is 8.46. The van der Waals surface area contributed by atoms with Crippen molar-refractivity contribution in [2.75, 3.05) is 6.61 Å². The van der Waals surface area contributed by atoms with E-state index >= 15 is 0 Å². The number of thioether (sulfide) groups is 1. The SMILES string of the molecule is O=C(O)COc1cccc2c1CC(SCc1ccccc1)c1sc(-c3ccccc3Cl)nc1-2. The molecule has 0 bridgehead atoms. The molecule has 1 aromatic heterocycles. The van der Waals surface area contributed by atoms with Gasteiger partial charge < -0.3 is 9.84 Å². The number of ether oxygens (including phenoxy) is 1. The summed E-state index contributed by atoms with van der Waals surface area (Å²) in [6, 6.07) is 23.9. The molecule has 7 heteroatoms. The van der Waals surface area contributed by atoms with Gasteiger partial charge in [-0.25, -0.2) is 9.78 Å². The third kappa shape index (κ3) is 4.64. The summed E-state index contributed by atoms with van der Waals surface area (Å²) in [5.41, 5.74) is 5.13. The van der Waals surface area contributed by atoms with Crippen molar-refractivity contribution in [2.24, 2.45) is 0 Å². The van der Waals surface area contributed by atoms with Gasteiger partial charge in [-0.2, -0.15) is 0 Å². The fourth-order valence-electron chi connectivity index (χ4n) is 3.95. The maximum atomic E-state index is 11.1. The molecule has 1 aliphatic rings. The van der Waals surface area contributed by atoms with E-state index in [9.17, 15) is 4.79 Å². The van der Waals surface area contributed by atoms with Crippen molar-refractivity contribution in [1.82, 2.24) is 4.98 Å². The maximum Gasteiger partial charge on any atom is 0.341 e. The third-order valence-electron chi connectivity index (χ3n) is 5.47. The van der Waals surface area contributed by atoms with Crippen LogP contribution in [0.25, 0.3) is 21.8 Å². The molecule has 0 saturated carbocycles. The van der Waals surface area contributed by atoms with E-state index in [1.165, 1.54) is 10.4 Å². The number of thiazole rings is 1. The molecule has 4 aromatic rings. The highest BCUT2D eigenvalue weighted by Crippen LogP contribution is 2.51. The first-order valence-corrected chi connectivity index (χ1v) is 12.7. The summed E-state index contributed by atoms with van der Waals surface area (Å²) in [4.78, 5) is 17.3. The van der Waals surface area contributed by atoms with Crippen LogP contribution in [0.5, 0.6) is 5.75 Å². The first-order valence-electron chi connectivity index (χ1n) is 10.5. The molecular formula is C26H20ClNO3S2. The number of aliphatic carboxylic acids is 1. The van der Waals surface area contributed by atoms with Crippen molar-refractivity contribution < 1.29 is 14.6 Å². The van der Waals surface area contributed by atoms with E-state index in [1.54, 1.807) is 11.3 Å². The van der Waals surface area contributed by atoms with Crippen LogP contribution >= 0.6 is 34.7 Å². The zero-order valence-corrected chi connectivity index (χ0v) is 19.9. The molecular weight excluding hydrogens is 474 g/mol. The number of halogens is 1. The van der Waals surface area contributed by atoms with E-state index in [0.29, 0.717) is 10.8 Å². The number of carboxylic acids is 1. The zero-order valence-electron chi connectivity index (χ0n) is 17.5. The second kappa shape index (κ2) is 9.59. The molecule has 0 radical (unpaired) electrons. The lowest BCUT2D eigenvalue weighted by Crippen LogP contribution is -2.13. The normalized spacial score (nSPS) is 14.4. The molecule has 5 rings (SSSR count). The number of fused-ring (bicyclic) bond motifs is 3. The highest BCUT2D eigenvalue weighted by molar-refractivity contribution is 7.98. The van der Waals surface area contributed by atoms with Crippen LogP contribution in [-0.4, -0.2) is 22.7 Å². The highest BCUT2D eigenvalue weighted by atomic mass is 35.5. The fraction of sp³-hybridized carbons (Fsp3) is 0.154. The molecule has 0 aliphatic heterocycles. The van der Waals surface area contributed by atoms with Gasteiger partial charge in [-0.15, -0.1) is 23.1 Å². The maximum absolute atomic E-state index is 11.1. The van der Waals surface area contributed by atoms with Crippen LogP contribution in [-0.2, 0) is 17.0 Å². The van der Waals surface area contributed by atoms with E-state index in [1.807, 2.05) is 60.3 Å². The summed E-state index contributed by atoms with van der Waals surface area (Å²) in [6.07, 6.45) is 0.750. The molecule has 4 nitrogen and oxygen atoms in total. The number of benzene rings is 3. The Hall–Kier alpha value is -2.80. The first kappa shape index (κ1) is 22.0. The van der Waals surface area contributed by atoms with Crippen molar-refractivity contribution in [3.63, 3.8) is 0 Å². The summed E-state index contributed by atoms with van der Waals surface area (Å²) in [5.74, 6) is 0.490. The molecule has 1 atom stereocenters. The van der Waals surface area contributed by atoms with Gasteiger partial charge in [0.25, 0.3) is 0 Å². The quantitative estimate of drug-likeness (QED) is 0.297. The lowest BCUT2D eigenvalue weighted by molar-refractivity contribution is -0.139. The Morgan fingerprint density at radius 3 is 2.61 bits per heavy atom. The molecule has 1 aliphatic carbocycles. The van der Waals surface area contributed by atoms with Gasteiger partial charge in [-0.05, 0) is 24.1 Å². The van der Waals surface area contributed by atoms with Crippen LogP contribution in [0.3, 0.4) is 0 Å². The second-order valence-corrected chi connectivity index (χ2v) is 10.3. The largest absolute Gasteiger partial charge is 0.482 e. The number of carboxylic acid groups (broad SMARTS) is 1. The van der Waals surface area contributed by atoms with Gasteiger partial charge in [-0.3, -0.25) is 0 Å². The molecule has 0 fully saturated rings. The van der Waals surface area contributed by atoms with E-state index in [2.05, 4.69) is 24.3 Å². The van der Waals surface area contributed by atoms with Crippen LogP contribution in [0.1, 0.15) is 21.3 Å². The average Bonchev–Trinajstić information content (AvgIpc) is 3.28. The van der Waals surface area contributed by atoms with E-state index in [-0.39, 0.29) is 11.9 Å². The topological polar surface area (TPSA) is 59.4 Å². The monoisotopic (exact) mass is 493 g/mol. The molecule has 0 spiro atoms. The Bertz CT molecular complexity index is 1310. The standard InChI is InChI=1S/C26H20ClNO3S2/c27-20-11-5-4-9-18(20)26-28-24-17-10-6-12-21(31-14-23(29)30)19(17)13-22(25(24)33-26)32-15-16-7-2-1-3-8-16/h1-12,22H,13-15H2,(H,29,30). The minimum absolute atomic E-state index is 0.177. The fourth-order valence-corrected chi connectivity index (χ4v) is 6.81. The summed E-state index contributed by atoms with van der Waals surface area (Å²) in [6.45, 7) is -0.368. The smallest absolute Gasteiger partial charge is 0.341 e. The second-order valence-electron chi connectivity index (χ2n) is 7.67.